The molecule has 0 unspecified atom stereocenters. The molecule has 1 saturated carbocycles. The number of hydrogen-bond donors (Lipinski definition) is 1. The normalized spacial score (nSPS) is 14.5. The number of nitrogens with zero attached hydrogens (tertiary/aromatic N) is 1. The minimum Gasteiger partial charge on any atom is -0.333 e. The first-order valence-electron chi connectivity index (χ1n) is 7.07. The predicted molar refractivity (Wildman–Crippen MR) is 75.1 cm³/mol. The summed E-state index contributed by atoms with van der Waals surface area (Å²) in [5.41, 5.74) is -1.20. The van der Waals surface area contributed by atoms with Crippen molar-refractivity contribution in [1.29, 1.82) is 0 Å². The van der Waals surface area contributed by atoms with Crippen molar-refractivity contribution in [3.8, 4) is 0 Å². The lowest BCUT2D eigenvalue weighted by molar-refractivity contribution is -0.137. The van der Waals surface area contributed by atoms with E-state index in [-0.39, 0.29) is 24.1 Å². The number of para-hydroxylation sites is 1. The molecule has 0 radical (unpaired) electrons. The van der Waals surface area contributed by atoms with E-state index in [1.165, 1.54) is 23.1 Å². The Hall–Kier alpha value is -2.05. The lowest BCUT2D eigenvalue weighted by atomic mass is 10.1. The second-order valence-electron chi connectivity index (χ2n) is 5.22. The number of nitrogens with one attached hydrogen (secondary N) is 1. The van der Waals surface area contributed by atoms with Crippen molar-refractivity contribution in [2.24, 2.45) is 5.92 Å². The molecule has 1 aromatic rings. The smallest absolute Gasteiger partial charge is 0.333 e. The molecule has 1 N–H and O–H groups in total. The van der Waals surface area contributed by atoms with E-state index in [1.54, 1.807) is 6.92 Å². The minimum atomic E-state index is -4.54. The van der Waals surface area contributed by atoms with Gasteiger partial charge in [-0.2, -0.15) is 13.2 Å². The predicted octanol–water partition coefficient (Wildman–Crippen LogP) is 2.90. The number of likely N-dealkylation sites (N-methyl/N-ethyl adjacent to an activating group) is 1. The average Bonchev–Trinajstić information content (AvgIpc) is 3.28. The molecule has 120 valence electrons. The Morgan fingerprint density at radius 1 is 1.27 bits per heavy atom. The zero-order valence-electron chi connectivity index (χ0n) is 12.1. The van der Waals surface area contributed by atoms with E-state index in [2.05, 4.69) is 5.32 Å². The number of benzene rings is 1. The Morgan fingerprint density at radius 3 is 2.45 bits per heavy atom. The highest BCUT2D eigenvalue weighted by Crippen LogP contribution is 2.34. The maximum atomic E-state index is 12.9. The number of carbonyl (C=O) groups is 2. The summed E-state index contributed by atoms with van der Waals surface area (Å²) in [6.07, 6.45) is -2.92. The molecular weight excluding hydrogens is 297 g/mol. The first kappa shape index (κ1) is 16.3. The number of carbonyl (C=O) groups excluding carboxylic acids is 2. The first-order chi connectivity index (χ1) is 10.3. The summed E-state index contributed by atoms with van der Waals surface area (Å²) in [5, 5.41) is 2.24. The van der Waals surface area contributed by atoms with Gasteiger partial charge in [0.2, 0.25) is 11.8 Å². The molecule has 0 saturated heterocycles. The van der Waals surface area contributed by atoms with Crippen molar-refractivity contribution in [1.82, 2.24) is 4.90 Å². The Balaban J connectivity index is 2.04. The van der Waals surface area contributed by atoms with Gasteiger partial charge >= 0.3 is 6.18 Å². The lowest BCUT2D eigenvalue weighted by Crippen LogP contribution is -2.38. The van der Waals surface area contributed by atoms with E-state index < -0.39 is 17.6 Å². The van der Waals surface area contributed by atoms with Gasteiger partial charge in [-0.1, -0.05) is 12.1 Å². The van der Waals surface area contributed by atoms with Gasteiger partial charge in [-0.3, -0.25) is 9.59 Å². The fraction of sp³-hybridized carbons (Fsp3) is 0.467. The van der Waals surface area contributed by atoms with Gasteiger partial charge in [-0.15, -0.1) is 0 Å². The van der Waals surface area contributed by atoms with Crippen molar-refractivity contribution in [3.05, 3.63) is 29.8 Å². The summed E-state index contributed by atoms with van der Waals surface area (Å²) >= 11 is 0. The van der Waals surface area contributed by atoms with E-state index in [0.717, 1.165) is 18.9 Å². The highest BCUT2D eigenvalue weighted by Gasteiger charge is 2.35. The summed E-state index contributed by atoms with van der Waals surface area (Å²) in [6.45, 7) is 1.85. The highest BCUT2D eigenvalue weighted by atomic mass is 19.4. The van der Waals surface area contributed by atoms with Gasteiger partial charge < -0.3 is 10.2 Å². The van der Waals surface area contributed by atoms with Crippen molar-refractivity contribution < 1.29 is 22.8 Å². The van der Waals surface area contributed by atoms with E-state index in [9.17, 15) is 22.8 Å². The standard InChI is InChI=1S/C15H17F3N2O2/c1-2-20(14(22)10-7-8-10)9-13(21)19-12-6-4-3-5-11(12)15(16,17)18/h3-6,10H,2,7-9H2,1H3,(H,19,21). The Labute approximate surface area is 126 Å². The van der Waals surface area contributed by atoms with Gasteiger partial charge in [-0.05, 0) is 31.9 Å². The molecule has 2 amide bonds. The number of rotatable bonds is 5. The maximum Gasteiger partial charge on any atom is 0.418 e. The molecule has 2 rings (SSSR count). The fourth-order valence-corrected chi connectivity index (χ4v) is 2.14. The van der Waals surface area contributed by atoms with Gasteiger partial charge in [0.25, 0.3) is 0 Å². The molecule has 22 heavy (non-hydrogen) atoms. The molecule has 1 aromatic carbocycles. The summed E-state index contributed by atoms with van der Waals surface area (Å²) in [7, 11) is 0. The van der Waals surface area contributed by atoms with Gasteiger partial charge in [0.15, 0.2) is 0 Å². The molecule has 1 aliphatic carbocycles. The van der Waals surface area contributed by atoms with Crippen LogP contribution in [0.2, 0.25) is 0 Å². The Bertz CT molecular complexity index is 568. The summed E-state index contributed by atoms with van der Waals surface area (Å²) in [6, 6.07) is 4.77. The minimum absolute atomic E-state index is 0.0322. The van der Waals surface area contributed by atoms with Crippen LogP contribution < -0.4 is 5.32 Å². The van der Waals surface area contributed by atoms with Crippen molar-refractivity contribution in [3.63, 3.8) is 0 Å². The third-order valence-corrected chi connectivity index (χ3v) is 3.46. The summed E-state index contributed by atoms with van der Waals surface area (Å²) < 4.78 is 38.6. The number of hydrogen-bond acceptors (Lipinski definition) is 2. The molecule has 0 bridgehead atoms. The summed E-state index contributed by atoms with van der Waals surface area (Å²) in [5.74, 6) is -0.774. The molecule has 4 nitrogen and oxygen atoms in total. The number of amides is 2. The zero-order chi connectivity index (χ0) is 16.3. The molecular formula is C15H17F3N2O2. The Morgan fingerprint density at radius 2 is 1.91 bits per heavy atom. The molecule has 0 aromatic heterocycles. The molecule has 1 aliphatic rings. The number of alkyl halides is 3. The molecule has 0 heterocycles. The first-order valence-corrected chi connectivity index (χ1v) is 7.07. The molecule has 1 fully saturated rings. The zero-order valence-corrected chi connectivity index (χ0v) is 12.1. The van der Waals surface area contributed by atoms with E-state index >= 15 is 0 Å². The van der Waals surface area contributed by atoms with E-state index in [0.29, 0.717) is 6.54 Å². The second kappa shape index (κ2) is 6.37. The quantitative estimate of drug-likeness (QED) is 0.908. The lowest BCUT2D eigenvalue weighted by Gasteiger charge is -2.21. The van der Waals surface area contributed by atoms with Crippen LogP contribution in [0.3, 0.4) is 0 Å². The van der Waals surface area contributed by atoms with Crippen LogP contribution in [0.4, 0.5) is 18.9 Å². The third-order valence-electron chi connectivity index (χ3n) is 3.46. The van der Waals surface area contributed by atoms with E-state index in [1.807, 2.05) is 0 Å². The SMILES string of the molecule is CCN(CC(=O)Nc1ccccc1C(F)(F)F)C(=O)C1CC1. The van der Waals surface area contributed by atoms with Crippen LogP contribution in [0.25, 0.3) is 0 Å². The monoisotopic (exact) mass is 314 g/mol. The second-order valence-corrected chi connectivity index (χ2v) is 5.22. The van der Waals surface area contributed by atoms with Gasteiger partial charge in [0.05, 0.1) is 17.8 Å². The van der Waals surface area contributed by atoms with Gasteiger partial charge in [0, 0.05) is 12.5 Å². The molecule has 7 heteroatoms. The summed E-state index contributed by atoms with van der Waals surface area (Å²) in [4.78, 5) is 25.2. The van der Waals surface area contributed by atoms with Crippen LogP contribution >= 0.6 is 0 Å². The molecule has 0 atom stereocenters. The van der Waals surface area contributed by atoms with Crippen LogP contribution in [-0.2, 0) is 15.8 Å². The van der Waals surface area contributed by atoms with Crippen LogP contribution in [0.15, 0.2) is 24.3 Å². The number of anilines is 1. The van der Waals surface area contributed by atoms with E-state index in [4.69, 9.17) is 0 Å². The molecule has 0 spiro atoms. The van der Waals surface area contributed by atoms with Gasteiger partial charge in [-0.25, -0.2) is 0 Å². The van der Waals surface area contributed by atoms with Crippen molar-refractivity contribution >= 4 is 17.5 Å². The average molecular weight is 314 g/mol. The van der Waals surface area contributed by atoms with Crippen LogP contribution in [0.5, 0.6) is 0 Å². The van der Waals surface area contributed by atoms with Crippen LogP contribution in [0, 0.1) is 5.92 Å². The topological polar surface area (TPSA) is 49.4 Å². The van der Waals surface area contributed by atoms with Crippen molar-refractivity contribution in [2.75, 3.05) is 18.4 Å². The highest BCUT2D eigenvalue weighted by molar-refractivity contribution is 5.95. The third kappa shape index (κ3) is 3.99. The Kier molecular flexibility index (Phi) is 4.73. The number of halogens is 3. The van der Waals surface area contributed by atoms with Crippen LogP contribution in [0.1, 0.15) is 25.3 Å². The molecule has 0 aliphatic heterocycles. The maximum absolute atomic E-state index is 12.9. The van der Waals surface area contributed by atoms with Crippen LogP contribution in [-0.4, -0.2) is 29.8 Å². The largest absolute Gasteiger partial charge is 0.418 e. The van der Waals surface area contributed by atoms with Crippen molar-refractivity contribution in [2.45, 2.75) is 25.9 Å². The van der Waals surface area contributed by atoms with Gasteiger partial charge in [0.1, 0.15) is 0 Å². The fourth-order valence-electron chi connectivity index (χ4n) is 2.14.